The molecule has 3 heteroatoms. The van der Waals surface area contributed by atoms with Crippen molar-refractivity contribution in [3.63, 3.8) is 0 Å². The van der Waals surface area contributed by atoms with E-state index in [1.54, 1.807) is 0 Å². The molecule has 0 amide bonds. The normalized spacial score (nSPS) is 35.9. The van der Waals surface area contributed by atoms with E-state index < -0.39 is 0 Å². The number of carbonyl (C=O) groups excluding carboxylic acids is 2. The third-order valence-electron chi connectivity index (χ3n) is 5.37. The van der Waals surface area contributed by atoms with Crippen LogP contribution in [-0.4, -0.2) is 17.9 Å². The number of ether oxygens (including phenoxy) is 1. The number of carbonyl (C=O) groups is 2. The Hall–Kier alpha value is -0.860. The highest BCUT2D eigenvalue weighted by molar-refractivity contribution is 5.81. The fourth-order valence-electron chi connectivity index (χ4n) is 3.98. The Bertz CT molecular complexity index is 363. The fraction of sp³-hybridized carbons (Fsp3) is 0.882. The molecule has 0 radical (unpaired) electrons. The summed E-state index contributed by atoms with van der Waals surface area (Å²) >= 11 is 0. The van der Waals surface area contributed by atoms with Crippen molar-refractivity contribution >= 4 is 11.8 Å². The van der Waals surface area contributed by atoms with Crippen LogP contribution in [0, 0.1) is 23.7 Å². The molecule has 2 aliphatic rings. The third kappa shape index (κ3) is 3.83. The van der Waals surface area contributed by atoms with E-state index >= 15 is 0 Å². The van der Waals surface area contributed by atoms with Gasteiger partial charge in [0.25, 0.3) is 0 Å². The average Bonchev–Trinajstić information content (AvgIpc) is 2.79. The van der Waals surface area contributed by atoms with Gasteiger partial charge in [-0.25, -0.2) is 0 Å². The van der Waals surface area contributed by atoms with Gasteiger partial charge in [0.1, 0.15) is 11.9 Å². The average molecular weight is 280 g/mol. The second-order valence-corrected chi connectivity index (χ2v) is 6.96. The molecule has 0 N–H and O–H groups in total. The van der Waals surface area contributed by atoms with E-state index in [1.807, 2.05) is 0 Å². The van der Waals surface area contributed by atoms with Crippen molar-refractivity contribution in [3.05, 3.63) is 0 Å². The van der Waals surface area contributed by atoms with Crippen molar-refractivity contribution in [2.24, 2.45) is 23.7 Å². The number of rotatable bonds is 4. The summed E-state index contributed by atoms with van der Waals surface area (Å²) in [4.78, 5) is 23.0. The van der Waals surface area contributed by atoms with E-state index in [9.17, 15) is 9.59 Å². The zero-order valence-corrected chi connectivity index (χ0v) is 13.1. The Morgan fingerprint density at radius 2 is 2.05 bits per heavy atom. The van der Waals surface area contributed by atoms with Crippen molar-refractivity contribution < 1.29 is 14.3 Å². The van der Waals surface area contributed by atoms with Crippen LogP contribution in [0.2, 0.25) is 0 Å². The van der Waals surface area contributed by atoms with Crippen LogP contribution in [0.3, 0.4) is 0 Å². The Morgan fingerprint density at radius 1 is 1.30 bits per heavy atom. The van der Waals surface area contributed by atoms with E-state index in [1.165, 1.54) is 19.8 Å². The Balaban J connectivity index is 1.85. The molecule has 3 nitrogen and oxygen atoms in total. The highest BCUT2D eigenvalue weighted by Gasteiger charge is 2.34. The van der Waals surface area contributed by atoms with Crippen LogP contribution in [0.4, 0.5) is 0 Å². The number of ketones is 1. The van der Waals surface area contributed by atoms with Gasteiger partial charge in [0.2, 0.25) is 0 Å². The molecule has 20 heavy (non-hydrogen) atoms. The summed E-state index contributed by atoms with van der Waals surface area (Å²) in [6, 6.07) is 0. The van der Waals surface area contributed by atoms with Crippen molar-refractivity contribution in [2.45, 2.75) is 71.8 Å². The highest BCUT2D eigenvalue weighted by atomic mass is 16.5. The van der Waals surface area contributed by atoms with E-state index in [0.29, 0.717) is 23.5 Å². The van der Waals surface area contributed by atoms with Gasteiger partial charge in [-0.1, -0.05) is 13.8 Å². The first kappa shape index (κ1) is 15.5. The zero-order chi connectivity index (χ0) is 14.7. The molecule has 2 rings (SSSR count). The minimum Gasteiger partial charge on any atom is -0.462 e. The monoisotopic (exact) mass is 280 g/mol. The molecule has 2 aliphatic carbocycles. The summed E-state index contributed by atoms with van der Waals surface area (Å²) in [6.45, 7) is 5.83. The molecule has 114 valence electrons. The molecule has 0 heterocycles. The standard InChI is InChI=1S/C17H28O3/c1-11-7-8-14(10-16(11)19)12(2)9-15-5-4-6-17(15)20-13(3)18/h11-12,14-15,17H,4-10H2,1-3H3/t11-,12-,14?,15+,17+/m1/s1. The van der Waals surface area contributed by atoms with Crippen LogP contribution in [-0.2, 0) is 14.3 Å². The van der Waals surface area contributed by atoms with Crippen molar-refractivity contribution in [3.8, 4) is 0 Å². The molecule has 0 aromatic rings. The largest absolute Gasteiger partial charge is 0.462 e. The van der Waals surface area contributed by atoms with Crippen LogP contribution in [0.25, 0.3) is 0 Å². The molecule has 0 saturated heterocycles. The van der Waals surface area contributed by atoms with Gasteiger partial charge < -0.3 is 4.74 Å². The number of esters is 1. The van der Waals surface area contributed by atoms with Crippen LogP contribution >= 0.6 is 0 Å². The zero-order valence-electron chi connectivity index (χ0n) is 13.1. The molecule has 0 spiro atoms. The molecule has 0 bridgehead atoms. The van der Waals surface area contributed by atoms with Crippen LogP contribution < -0.4 is 0 Å². The minimum absolute atomic E-state index is 0.119. The minimum atomic E-state index is -0.156. The molecule has 0 aromatic heterocycles. The van der Waals surface area contributed by atoms with E-state index in [2.05, 4.69) is 13.8 Å². The van der Waals surface area contributed by atoms with Crippen LogP contribution in [0.1, 0.15) is 65.7 Å². The summed E-state index contributed by atoms with van der Waals surface area (Å²) in [5, 5.41) is 0. The van der Waals surface area contributed by atoms with Gasteiger partial charge in [0, 0.05) is 19.3 Å². The lowest BCUT2D eigenvalue weighted by Crippen LogP contribution is -2.29. The Labute approximate surface area is 122 Å². The molecule has 1 unspecified atom stereocenters. The van der Waals surface area contributed by atoms with Gasteiger partial charge in [0.05, 0.1) is 0 Å². The number of Topliss-reactive ketones (excluding diaryl/α,β-unsaturated/α-hetero) is 1. The second kappa shape index (κ2) is 6.73. The lowest BCUT2D eigenvalue weighted by molar-refractivity contribution is -0.148. The summed E-state index contributed by atoms with van der Waals surface area (Å²) in [5.41, 5.74) is 0. The lowest BCUT2D eigenvalue weighted by Gasteiger charge is -2.32. The third-order valence-corrected chi connectivity index (χ3v) is 5.37. The maximum Gasteiger partial charge on any atom is 0.302 e. The van der Waals surface area contributed by atoms with Crippen molar-refractivity contribution in [1.29, 1.82) is 0 Å². The topological polar surface area (TPSA) is 43.4 Å². The van der Waals surface area contributed by atoms with Crippen LogP contribution in [0.5, 0.6) is 0 Å². The SMILES string of the molecule is CC(=O)O[C@H]1CCC[C@H]1C[C@@H](C)C1CC[C@@H](C)C(=O)C1. The molecular formula is C17H28O3. The van der Waals surface area contributed by atoms with Crippen molar-refractivity contribution in [2.75, 3.05) is 0 Å². The van der Waals surface area contributed by atoms with Gasteiger partial charge in [-0.3, -0.25) is 9.59 Å². The number of hydrogen-bond donors (Lipinski definition) is 0. The van der Waals surface area contributed by atoms with Crippen molar-refractivity contribution in [1.82, 2.24) is 0 Å². The van der Waals surface area contributed by atoms with E-state index in [4.69, 9.17) is 4.74 Å². The molecule has 5 atom stereocenters. The Kier molecular flexibility index (Phi) is 5.22. The van der Waals surface area contributed by atoms with Gasteiger partial charge in [0.15, 0.2) is 0 Å². The van der Waals surface area contributed by atoms with Gasteiger partial charge in [-0.2, -0.15) is 0 Å². The fourth-order valence-corrected chi connectivity index (χ4v) is 3.98. The number of hydrogen-bond acceptors (Lipinski definition) is 3. The van der Waals surface area contributed by atoms with Gasteiger partial charge in [-0.05, 0) is 56.3 Å². The molecule has 2 saturated carbocycles. The summed E-state index contributed by atoms with van der Waals surface area (Å²) < 4.78 is 5.44. The first-order valence-corrected chi connectivity index (χ1v) is 8.17. The maximum atomic E-state index is 11.9. The van der Waals surface area contributed by atoms with E-state index in [0.717, 1.165) is 32.1 Å². The molecule has 0 aliphatic heterocycles. The predicted octanol–water partition coefficient (Wildman–Crippen LogP) is 3.75. The first-order valence-electron chi connectivity index (χ1n) is 8.17. The van der Waals surface area contributed by atoms with Gasteiger partial charge >= 0.3 is 5.97 Å². The quantitative estimate of drug-likeness (QED) is 0.737. The summed E-state index contributed by atoms with van der Waals surface area (Å²) in [6.07, 6.45) is 7.54. The summed E-state index contributed by atoms with van der Waals surface area (Å²) in [7, 11) is 0. The van der Waals surface area contributed by atoms with Crippen LogP contribution in [0.15, 0.2) is 0 Å². The maximum absolute atomic E-state index is 11.9. The molecule has 0 aromatic carbocycles. The molecular weight excluding hydrogens is 252 g/mol. The Morgan fingerprint density at radius 3 is 2.70 bits per heavy atom. The second-order valence-electron chi connectivity index (χ2n) is 6.96. The predicted molar refractivity (Wildman–Crippen MR) is 78.2 cm³/mol. The molecule has 2 fully saturated rings. The highest BCUT2D eigenvalue weighted by Crippen LogP contribution is 2.39. The van der Waals surface area contributed by atoms with Gasteiger partial charge in [-0.15, -0.1) is 0 Å². The smallest absolute Gasteiger partial charge is 0.302 e. The van der Waals surface area contributed by atoms with E-state index in [-0.39, 0.29) is 18.0 Å². The lowest BCUT2D eigenvalue weighted by atomic mass is 9.73. The first-order chi connectivity index (χ1) is 9.47. The summed E-state index contributed by atoms with van der Waals surface area (Å²) in [5.74, 6) is 2.15.